The summed E-state index contributed by atoms with van der Waals surface area (Å²) < 4.78 is 30.9. The van der Waals surface area contributed by atoms with Gasteiger partial charge in [-0.25, -0.2) is 8.78 Å². The molecule has 2 nitrogen and oxygen atoms in total. The molecule has 0 aliphatic carbocycles. The van der Waals surface area contributed by atoms with Gasteiger partial charge in [0.15, 0.2) is 11.6 Å². The predicted molar refractivity (Wildman–Crippen MR) is 64.0 cm³/mol. The largest absolute Gasteiger partial charge is 0.381 e. The van der Waals surface area contributed by atoms with Gasteiger partial charge in [-0.15, -0.1) is 11.8 Å². The SMILES string of the molecule is NC(CSc1ccc(F)c(F)c1)C1CCOC1. The first-order valence-corrected chi connectivity index (χ1v) is 6.56. The van der Waals surface area contributed by atoms with E-state index < -0.39 is 11.6 Å². The van der Waals surface area contributed by atoms with Gasteiger partial charge >= 0.3 is 0 Å². The Labute approximate surface area is 104 Å². The van der Waals surface area contributed by atoms with Gasteiger partial charge in [0.25, 0.3) is 0 Å². The Kier molecular flexibility index (Phi) is 4.36. The van der Waals surface area contributed by atoms with Crippen molar-refractivity contribution in [2.24, 2.45) is 11.7 Å². The predicted octanol–water partition coefficient (Wildman–Crippen LogP) is 2.42. The summed E-state index contributed by atoms with van der Waals surface area (Å²) in [6, 6.07) is 3.95. The highest BCUT2D eigenvalue weighted by atomic mass is 32.2. The van der Waals surface area contributed by atoms with Gasteiger partial charge in [-0.05, 0) is 24.6 Å². The van der Waals surface area contributed by atoms with Gasteiger partial charge in [-0.1, -0.05) is 0 Å². The monoisotopic (exact) mass is 259 g/mol. The summed E-state index contributed by atoms with van der Waals surface area (Å²) in [6.45, 7) is 1.48. The molecule has 94 valence electrons. The Bertz CT molecular complexity index is 383. The number of hydrogen-bond donors (Lipinski definition) is 1. The Balaban J connectivity index is 1.86. The lowest BCUT2D eigenvalue weighted by atomic mass is 10.0. The minimum atomic E-state index is -0.817. The minimum Gasteiger partial charge on any atom is -0.381 e. The van der Waals surface area contributed by atoms with Crippen molar-refractivity contribution < 1.29 is 13.5 Å². The fraction of sp³-hybridized carbons (Fsp3) is 0.500. The maximum atomic E-state index is 13.0. The molecular weight excluding hydrogens is 244 g/mol. The standard InChI is InChI=1S/C12H15F2NOS/c13-10-2-1-9(5-11(10)14)17-7-12(15)8-3-4-16-6-8/h1-2,5,8,12H,3-4,6-7,15H2. The lowest BCUT2D eigenvalue weighted by Gasteiger charge is -2.16. The molecule has 1 heterocycles. The lowest BCUT2D eigenvalue weighted by Crippen LogP contribution is -2.32. The molecular formula is C12H15F2NOS. The molecule has 0 bridgehead atoms. The van der Waals surface area contributed by atoms with Crippen molar-refractivity contribution in [2.45, 2.75) is 17.4 Å². The van der Waals surface area contributed by atoms with Crippen LogP contribution in [0.5, 0.6) is 0 Å². The zero-order valence-electron chi connectivity index (χ0n) is 9.36. The van der Waals surface area contributed by atoms with E-state index in [-0.39, 0.29) is 6.04 Å². The van der Waals surface area contributed by atoms with Crippen LogP contribution < -0.4 is 5.73 Å². The van der Waals surface area contributed by atoms with Crippen LogP contribution in [0, 0.1) is 17.6 Å². The van der Waals surface area contributed by atoms with E-state index in [4.69, 9.17) is 10.5 Å². The van der Waals surface area contributed by atoms with Gasteiger partial charge in [0.05, 0.1) is 6.61 Å². The molecule has 2 N–H and O–H groups in total. The second-order valence-corrected chi connectivity index (χ2v) is 5.27. The van der Waals surface area contributed by atoms with Crippen LogP contribution in [0.25, 0.3) is 0 Å². The number of nitrogens with two attached hydrogens (primary N) is 1. The van der Waals surface area contributed by atoms with Crippen molar-refractivity contribution in [3.63, 3.8) is 0 Å². The summed E-state index contributed by atoms with van der Waals surface area (Å²) in [7, 11) is 0. The second kappa shape index (κ2) is 5.80. The first-order chi connectivity index (χ1) is 8.16. The normalized spacial score (nSPS) is 21.7. The van der Waals surface area contributed by atoms with Gasteiger partial charge < -0.3 is 10.5 Å². The fourth-order valence-electron chi connectivity index (χ4n) is 1.79. The molecule has 0 saturated carbocycles. The summed E-state index contributed by atoms with van der Waals surface area (Å²) in [4.78, 5) is 0.707. The molecule has 0 aromatic heterocycles. The van der Waals surface area contributed by atoms with Gasteiger partial charge in [0, 0.05) is 29.2 Å². The maximum absolute atomic E-state index is 13.0. The zero-order chi connectivity index (χ0) is 12.3. The van der Waals surface area contributed by atoms with Crippen molar-refractivity contribution >= 4 is 11.8 Å². The summed E-state index contributed by atoms with van der Waals surface area (Å²) in [6.07, 6.45) is 0.986. The molecule has 1 aliphatic rings. The third-order valence-electron chi connectivity index (χ3n) is 2.90. The van der Waals surface area contributed by atoms with Crippen LogP contribution in [0.2, 0.25) is 0 Å². The van der Waals surface area contributed by atoms with Crippen molar-refractivity contribution in [3.05, 3.63) is 29.8 Å². The van der Waals surface area contributed by atoms with Crippen LogP contribution in [0.15, 0.2) is 23.1 Å². The van der Waals surface area contributed by atoms with Gasteiger partial charge in [0.2, 0.25) is 0 Å². The van der Waals surface area contributed by atoms with E-state index in [1.165, 1.54) is 17.8 Å². The van der Waals surface area contributed by atoms with E-state index in [1.54, 1.807) is 6.07 Å². The van der Waals surface area contributed by atoms with Crippen molar-refractivity contribution in [2.75, 3.05) is 19.0 Å². The molecule has 1 saturated heterocycles. The van der Waals surface area contributed by atoms with Crippen LogP contribution in [0.3, 0.4) is 0 Å². The molecule has 0 amide bonds. The van der Waals surface area contributed by atoms with E-state index in [0.717, 1.165) is 19.1 Å². The Morgan fingerprint density at radius 1 is 1.41 bits per heavy atom. The molecule has 0 spiro atoms. The van der Waals surface area contributed by atoms with E-state index >= 15 is 0 Å². The second-order valence-electron chi connectivity index (χ2n) is 4.17. The highest BCUT2D eigenvalue weighted by Gasteiger charge is 2.22. The minimum absolute atomic E-state index is 0.0376. The number of rotatable bonds is 4. The van der Waals surface area contributed by atoms with Gasteiger partial charge in [-0.2, -0.15) is 0 Å². The van der Waals surface area contributed by atoms with Crippen molar-refractivity contribution in [1.29, 1.82) is 0 Å². The van der Waals surface area contributed by atoms with Crippen molar-refractivity contribution in [3.8, 4) is 0 Å². The lowest BCUT2D eigenvalue weighted by molar-refractivity contribution is 0.182. The van der Waals surface area contributed by atoms with Gasteiger partial charge in [-0.3, -0.25) is 0 Å². The van der Waals surface area contributed by atoms with Crippen LogP contribution in [-0.2, 0) is 4.74 Å². The fourth-order valence-corrected chi connectivity index (χ4v) is 2.79. The van der Waals surface area contributed by atoms with E-state index in [0.29, 0.717) is 23.2 Å². The number of thioether (sulfide) groups is 1. The average molecular weight is 259 g/mol. The first-order valence-electron chi connectivity index (χ1n) is 5.58. The number of benzene rings is 1. The average Bonchev–Trinajstić information content (AvgIpc) is 2.84. The molecule has 1 aliphatic heterocycles. The molecule has 1 fully saturated rings. The highest BCUT2D eigenvalue weighted by Crippen LogP contribution is 2.24. The molecule has 0 radical (unpaired) electrons. The molecule has 1 aromatic carbocycles. The van der Waals surface area contributed by atoms with Gasteiger partial charge in [0.1, 0.15) is 0 Å². The zero-order valence-corrected chi connectivity index (χ0v) is 10.2. The number of hydrogen-bond acceptors (Lipinski definition) is 3. The third kappa shape index (κ3) is 3.40. The summed E-state index contributed by atoms with van der Waals surface area (Å²) >= 11 is 1.45. The van der Waals surface area contributed by atoms with E-state index in [2.05, 4.69) is 0 Å². The van der Waals surface area contributed by atoms with E-state index in [9.17, 15) is 8.78 Å². The van der Waals surface area contributed by atoms with E-state index in [1.807, 2.05) is 0 Å². The quantitative estimate of drug-likeness (QED) is 0.843. The Morgan fingerprint density at radius 2 is 2.24 bits per heavy atom. The smallest absolute Gasteiger partial charge is 0.159 e. The Morgan fingerprint density at radius 3 is 2.88 bits per heavy atom. The van der Waals surface area contributed by atoms with Crippen LogP contribution in [0.1, 0.15) is 6.42 Å². The summed E-state index contributed by atoms with van der Waals surface area (Å²) in [5.74, 6) is -0.553. The maximum Gasteiger partial charge on any atom is 0.159 e. The van der Waals surface area contributed by atoms with Crippen LogP contribution in [-0.4, -0.2) is 25.0 Å². The molecule has 5 heteroatoms. The summed E-state index contributed by atoms with van der Waals surface area (Å²) in [5.41, 5.74) is 6.03. The summed E-state index contributed by atoms with van der Waals surface area (Å²) in [5, 5.41) is 0. The molecule has 2 atom stereocenters. The topological polar surface area (TPSA) is 35.2 Å². The molecule has 2 rings (SSSR count). The van der Waals surface area contributed by atoms with Crippen LogP contribution in [0.4, 0.5) is 8.78 Å². The highest BCUT2D eigenvalue weighted by molar-refractivity contribution is 7.99. The number of halogens is 2. The molecule has 1 aromatic rings. The van der Waals surface area contributed by atoms with Crippen LogP contribution >= 0.6 is 11.8 Å². The Hall–Kier alpha value is -0.650. The first kappa shape index (κ1) is 12.8. The molecule has 17 heavy (non-hydrogen) atoms. The van der Waals surface area contributed by atoms with Crippen molar-refractivity contribution in [1.82, 2.24) is 0 Å². The molecule has 2 unspecified atom stereocenters. The third-order valence-corrected chi connectivity index (χ3v) is 4.04. The number of ether oxygens (including phenoxy) is 1.